The van der Waals surface area contributed by atoms with Gasteiger partial charge in [0, 0.05) is 49.3 Å². The fourth-order valence-corrected chi connectivity index (χ4v) is 4.89. The molecule has 4 aromatic rings. The van der Waals surface area contributed by atoms with E-state index in [1.807, 2.05) is 67.5 Å². The third-order valence-electron chi connectivity index (χ3n) is 6.63. The molecule has 1 saturated heterocycles. The zero-order valence-corrected chi connectivity index (χ0v) is 20.1. The maximum Gasteiger partial charge on any atom is 0.267 e. The van der Waals surface area contributed by atoms with Crippen LogP contribution in [0, 0.1) is 6.92 Å². The molecule has 0 bridgehead atoms. The number of amides is 1. The third kappa shape index (κ3) is 4.87. The van der Waals surface area contributed by atoms with Crippen LogP contribution in [-0.2, 0) is 6.54 Å². The number of imidazole rings is 1. The van der Waals surface area contributed by atoms with Gasteiger partial charge < -0.3 is 15.6 Å². The number of aryl methyl sites for hydroxylation is 1. The standard InChI is InChI=1S/C28H30N6O/c1-19-15-34(18-32-19)24-13-20(16-33-11-9-23(17-33)30-2)12-22(14-24)26-25(21-6-4-3-5-7-21)8-10-31-27(26)28(29)35/h3-8,10,12-15,18,23,30H,9,11,16-17H2,1-2H3,(H2,29,35). The largest absolute Gasteiger partial charge is 0.364 e. The first-order valence-corrected chi connectivity index (χ1v) is 11.9. The monoisotopic (exact) mass is 466 g/mol. The van der Waals surface area contributed by atoms with Gasteiger partial charge in [0.1, 0.15) is 5.69 Å². The highest BCUT2D eigenvalue weighted by Crippen LogP contribution is 2.36. The van der Waals surface area contributed by atoms with Crippen LogP contribution < -0.4 is 11.1 Å². The highest BCUT2D eigenvalue weighted by atomic mass is 16.1. The summed E-state index contributed by atoms with van der Waals surface area (Å²) in [5.74, 6) is -0.542. The highest BCUT2D eigenvalue weighted by molar-refractivity contribution is 6.02. The first-order valence-electron chi connectivity index (χ1n) is 11.9. The molecule has 1 fully saturated rings. The Bertz CT molecular complexity index is 1350. The molecule has 1 unspecified atom stereocenters. The van der Waals surface area contributed by atoms with Crippen molar-refractivity contribution in [1.29, 1.82) is 0 Å². The predicted octanol–water partition coefficient (Wildman–Crippen LogP) is 3.80. The zero-order valence-electron chi connectivity index (χ0n) is 20.1. The van der Waals surface area contributed by atoms with E-state index in [0.29, 0.717) is 6.04 Å². The SMILES string of the molecule is CNC1CCN(Cc2cc(-c3c(-c4ccccc4)ccnc3C(N)=O)cc(-n3cnc(C)c3)c2)C1. The van der Waals surface area contributed by atoms with Gasteiger partial charge in [-0.1, -0.05) is 30.3 Å². The van der Waals surface area contributed by atoms with Crippen molar-refractivity contribution in [3.8, 4) is 27.9 Å². The van der Waals surface area contributed by atoms with E-state index < -0.39 is 5.91 Å². The smallest absolute Gasteiger partial charge is 0.267 e. The highest BCUT2D eigenvalue weighted by Gasteiger charge is 2.23. The molecule has 7 heteroatoms. The number of carbonyl (C=O) groups is 1. The zero-order chi connectivity index (χ0) is 24.4. The number of primary amides is 1. The van der Waals surface area contributed by atoms with E-state index in [1.54, 1.807) is 6.20 Å². The van der Waals surface area contributed by atoms with E-state index in [1.165, 1.54) is 5.56 Å². The second-order valence-corrected chi connectivity index (χ2v) is 9.13. The molecule has 0 saturated carbocycles. The van der Waals surface area contributed by atoms with Gasteiger partial charge in [0.2, 0.25) is 0 Å². The van der Waals surface area contributed by atoms with Gasteiger partial charge in [0.05, 0.1) is 12.0 Å². The quantitative estimate of drug-likeness (QED) is 0.432. The molecule has 1 aliphatic heterocycles. The van der Waals surface area contributed by atoms with Crippen LogP contribution in [0.3, 0.4) is 0 Å². The number of hydrogen-bond donors (Lipinski definition) is 2. The Kier molecular flexibility index (Phi) is 6.44. The van der Waals surface area contributed by atoms with Gasteiger partial charge >= 0.3 is 0 Å². The van der Waals surface area contributed by atoms with Gasteiger partial charge in [-0.25, -0.2) is 4.98 Å². The molecule has 3 N–H and O–H groups in total. The second kappa shape index (κ2) is 9.82. The van der Waals surface area contributed by atoms with Crippen LogP contribution in [0.15, 0.2) is 73.3 Å². The number of pyridine rings is 1. The molecule has 3 heterocycles. The van der Waals surface area contributed by atoms with Crippen LogP contribution >= 0.6 is 0 Å². The van der Waals surface area contributed by atoms with Gasteiger partial charge in [-0.3, -0.25) is 14.7 Å². The summed E-state index contributed by atoms with van der Waals surface area (Å²) in [5.41, 5.74) is 12.8. The Labute approximate surface area is 205 Å². The van der Waals surface area contributed by atoms with Crippen LogP contribution in [0.2, 0.25) is 0 Å². The van der Waals surface area contributed by atoms with Crippen LogP contribution in [0.1, 0.15) is 28.2 Å². The summed E-state index contributed by atoms with van der Waals surface area (Å²) < 4.78 is 2.02. The van der Waals surface area contributed by atoms with Gasteiger partial charge in [-0.2, -0.15) is 0 Å². The molecule has 0 spiro atoms. The second-order valence-electron chi connectivity index (χ2n) is 9.13. The van der Waals surface area contributed by atoms with Crippen molar-refractivity contribution in [1.82, 2.24) is 24.8 Å². The van der Waals surface area contributed by atoms with E-state index in [4.69, 9.17) is 5.73 Å². The number of benzene rings is 2. The van der Waals surface area contributed by atoms with Crippen LogP contribution in [0.25, 0.3) is 27.9 Å². The lowest BCUT2D eigenvalue weighted by Gasteiger charge is -2.19. The topological polar surface area (TPSA) is 89.1 Å². The predicted molar refractivity (Wildman–Crippen MR) is 138 cm³/mol. The molecule has 1 aliphatic rings. The molecule has 1 amide bonds. The number of likely N-dealkylation sites (N-methyl/N-ethyl adjacent to an activating group) is 1. The molecule has 35 heavy (non-hydrogen) atoms. The number of nitrogens with one attached hydrogen (secondary N) is 1. The first kappa shape index (κ1) is 23.0. The van der Waals surface area contributed by atoms with Crippen LogP contribution in [-0.4, -0.2) is 51.5 Å². The number of nitrogens with zero attached hydrogens (tertiary/aromatic N) is 4. The van der Waals surface area contributed by atoms with Crippen molar-refractivity contribution < 1.29 is 4.79 Å². The number of carbonyl (C=O) groups excluding carboxylic acids is 1. The van der Waals surface area contributed by atoms with E-state index in [2.05, 4.69) is 38.4 Å². The van der Waals surface area contributed by atoms with Crippen molar-refractivity contribution in [3.05, 3.63) is 90.3 Å². The Morgan fingerprint density at radius 2 is 1.94 bits per heavy atom. The Morgan fingerprint density at radius 3 is 2.63 bits per heavy atom. The lowest BCUT2D eigenvalue weighted by molar-refractivity contribution is 0.0996. The van der Waals surface area contributed by atoms with E-state index in [9.17, 15) is 4.79 Å². The van der Waals surface area contributed by atoms with Crippen molar-refractivity contribution in [2.24, 2.45) is 5.73 Å². The molecule has 2 aromatic carbocycles. The summed E-state index contributed by atoms with van der Waals surface area (Å²) in [4.78, 5) is 23.8. The summed E-state index contributed by atoms with van der Waals surface area (Å²) in [7, 11) is 2.02. The van der Waals surface area contributed by atoms with Crippen molar-refractivity contribution in [2.45, 2.75) is 25.9 Å². The average molecular weight is 467 g/mol. The van der Waals surface area contributed by atoms with Gasteiger partial charge in [-0.05, 0) is 66.9 Å². The number of nitrogens with two attached hydrogens (primary N) is 1. The molecule has 178 valence electrons. The third-order valence-corrected chi connectivity index (χ3v) is 6.63. The fraction of sp³-hybridized carbons (Fsp3) is 0.250. The first-order chi connectivity index (χ1) is 17.0. The molecule has 0 radical (unpaired) electrons. The van der Waals surface area contributed by atoms with Gasteiger partial charge in [0.25, 0.3) is 5.91 Å². The minimum absolute atomic E-state index is 0.271. The number of hydrogen-bond acceptors (Lipinski definition) is 5. The van der Waals surface area contributed by atoms with Gasteiger partial charge in [-0.15, -0.1) is 0 Å². The minimum Gasteiger partial charge on any atom is -0.364 e. The molecular weight excluding hydrogens is 436 g/mol. The van der Waals surface area contributed by atoms with Gasteiger partial charge in [0.15, 0.2) is 0 Å². The normalized spacial score (nSPS) is 16.0. The molecule has 1 atom stereocenters. The Balaban J connectivity index is 1.67. The van der Waals surface area contributed by atoms with Crippen molar-refractivity contribution in [2.75, 3.05) is 20.1 Å². The lowest BCUT2D eigenvalue weighted by atomic mass is 9.92. The van der Waals surface area contributed by atoms with E-state index >= 15 is 0 Å². The fourth-order valence-electron chi connectivity index (χ4n) is 4.89. The summed E-state index contributed by atoms with van der Waals surface area (Å²) >= 11 is 0. The average Bonchev–Trinajstić information content (AvgIpc) is 3.52. The molecule has 7 nitrogen and oxygen atoms in total. The van der Waals surface area contributed by atoms with Crippen molar-refractivity contribution >= 4 is 5.91 Å². The molecule has 0 aliphatic carbocycles. The van der Waals surface area contributed by atoms with Crippen LogP contribution in [0.5, 0.6) is 0 Å². The van der Waals surface area contributed by atoms with Crippen LogP contribution in [0.4, 0.5) is 0 Å². The lowest BCUT2D eigenvalue weighted by Crippen LogP contribution is -2.29. The molecule has 2 aromatic heterocycles. The van der Waals surface area contributed by atoms with Crippen molar-refractivity contribution in [3.63, 3.8) is 0 Å². The molecular formula is C28H30N6O. The maximum absolute atomic E-state index is 12.5. The van der Waals surface area contributed by atoms with E-state index in [-0.39, 0.29) is 5.69 Å². The number of likely N-dealkylation sites (tertiary alicyclic amines) is 1. The summed E-state index contributed by atoms with van der Waals surface area (Å²) in [6.45, 7) is 4.85. The Morgan fingerprint density at radius 1 is 1.11 bits per heavy atom. The summed E-state index contributed by atoms with van der Waals surface area (Å²) in [6.07, 6.45) is 6.61. The molecule has 5 rings (SSSR count). The number of aromatic nitrogens is 3. The number of rotatable bonds is 7. The van der Waals surface area contributed by atoms with E-state index in [0.717, 1.165) is 59.7 Å². The minimum atomic E-state index is -0.542. The summed E-state index contributed by atoms with van der Waals surface area (Å²) in [5, 5.41) is 3.39. The Hall–Kier alpha value is -3.81. The summed E-state index contributed by atoms with van der Waals surface area (Å²) in [6, 6.07) is 18.9. The maximum atomic E-state index is 12.5.